The number of rotatable bonds is 4. The Labute approximate surface area is 118 Å². The van der Waals surface area contributed by atoms with Gasteiger partial charge < -0.3 is 5.32 Å². The zero-order chi connectivity index (χ0) is 13.9. The van der Waals surface area contributed by atoms with Crippen LogP contribution in [0.4, 0.5) is 0 Å². The van der Waals surface area contributed by atoms with Gasteiger partial charge in [0.2, 0.25) is 15.9 Å². The molecule has 0 aromatic rings. The molecule has 8 heteroatoms. The number of nitrogens with zero attached hydrogens (tertiary/aromatic N) is 1. The largest absolute Gasteiger partial charge is 0.352 e. The molecule has 19 heavy (non-hydrogen) atoms. The maximum absolute atomic E-state index is 11.9. The third-order valence-corrected chi connectivity index (χ3v) is 6.41. The second-order valence-electron chi connectivity index (χ2n) is 4.85. The van der Waals surface area contributed by atoms with Gasteiger partial charge in [0.15, 0.2) is 0 Å². The van der Waals surface area contributed by atoms with Gasteiger partial charge in [-0.3, -0.25) is 10.1 Å². The van der Waals surface area contributed by atoms with Crippen LogP contribution >= 0.6 is 11.8 Å². The van der Waals surface area contributed by atoms with Crippen molar-refractivity contribution < 1.29 is 13.2 Å². The molecular formula is C11H21N3O3S2. The predicted molar refractivity (Wildman–Crippen MR) is 76.4 cm³/mol. The SMILES string of the molecule is CCS(=O)(=O)N1CCC(NC(=O)C2CSCN2)CC1. The van der Waals surface area contributed by atoms with E-state index in [1.54, 1.807) is 18.7 Å². The smallest absolute Gasteiger partial charge is 0.238 e. The maximum Gasteiger partial charge on any atom is 0.238 e. The third kappa shape index (κ3) is 3.84. The average Bonchev–Trinajstić information content (AvgIpc) is 2.93. The normalized spacial score (nSPS) is 26.5. The lowest BCUT2D eigenvalue weighted by molar-refractivity contribution is -0.123. The molecule has 0 aromatic heterocycles. The second-order valence-corrected chi connectivity index (χ2v) is 8.14. The number of hydrogen-bond acceptors (Lipinski definition) is 5. The second kappa shape index (κ2) is 6.43. The highest BCUT2D eigenvalue weighted by Crippen LogP contribution is 2.15. The van der Waals surface area contributed by atoms with E-state index in [1.165, 1.54) is 4.31 Å². The van der Waals surface area contributed by atoms with E-state index >= 15 is 0 Å². The summed E-state index contributed by atoms with van der Waals surface area (Å²) >= 11 is 1.72. The molecule has 0 saturated carbocycles. The zero-order valence-electron chi connectivity index (χ0n) is 11.1. The predicted octanol–water partition coefficient (Wildman–Crippen LogP) is -0.421. The Kier molecular flexibility index (Phi) is 5.10. The first-order chi connectivity index (χ1) is 9.03. The van der Waals surface area contributed by atoms with Crippen LogP contribution in [0, 0.1) is 0 Å². The molecule has 2 saturated heterocycles. The molecule has 0 aromatic carbocycles. The first kappa shape index (κ1) is 15.1. The van der Waals surface area contributed by atoms with Crippen LogP contribution in [0.3, 0.4) is 0 Å². The van der Waals surface area contributed by atoms with Gasteiger partial charge in [0, 0.05) is 30.8 Å². The summed E-state index contributed by atoms with van der Waals surface area (Å²) in [7, 11) is -3.08. The number of amides is 1. The molecule has 2 aliphatic rings. The molecule has 110 valence electrons. The standard InChI is InChI=1S/C11H21N3O3S2/c1-2-19(16,17)14-5-3-9(4-6-14)13-11(15)10-7-18-8-12-10/h9-10,12H,2-8H2,1H3,(H,13,15). The lowest BCUT2D eigenvalue weighted by Gasteiger charge is -2.31. The minimum absolute atomic E-state index is 0.0433. The Morgan fingerprint density at radius 1 is 1.42 bits per heavy atom. The highest BCUT2D eigenvalue weighted by Gasteiger charge is 2.29. The van der Waals surface area contributed by atoms with Crippen molar-refractivity contribution in [2.75, 3.05) is 30.5 Å². The van der Waals surface area contributed by atoms with E-state index in [4.69, 9.17) is 0 Å². The molecule has 2 fully saturated rings. The minimum atomic E-state index is -3.08. The summed E-state index contributed by atoms with van der Waals surface area (Å²) in [5, 5.41) is 6.15. The van der Waals surface area contributed by atoms with Gasteiger partial charge >= 0.3 is 0 Å². The van der Waals surface area contributed by atoms with Crippen LogP contribution in [0.1, 0.15) is 19.8 Å². The van der Waals surface area contributed by atoms with Crippen LogP contribution in [-0.2, 0) is 14.8 Å². The Hall–Kier alpha value is -0.310. The van der Waals surface area contributed by atoms with E-state index in [2.05, 4.69) is 10.6 Å². The third-order valence-electron chi connectivity index (χ3n) is 3.59. The molecule has 1 atom stereocenters. The van der Waals surface area contributed by atoms with Crippen molar-refractivity contribution in [1.82, 2.24) is 14.9 Å². The fraction of sp³-hybridized carbons (Fsp3) is 0.909. The van der Waals surface area contributed by atoms with E-state index in [1.807, 2.05) is 0 Å². The number of carbonyl (C=O) groups excluding carboxylic acids is 1. The van der Waals surface area contributed by atoms with Gasteiger partial charge in [0.05, 0.1) is 11.8 Å². The van der Waals surface area contributed by atoms with Crippen molar-refractivity contribution in [3.63, 3.8) is 0 Å². The summed E-state index contributed by atoms with van der Waals surface area (Å²) in [5.74, 6) is 1.83. The lowest BCUT2D eigenvalue weighted by Crippen LogP contribution is -2.51. The Bertz CT molecular complexity index is 413. The van der Waals surface area contributed by atoms with Gasteiger partial charge in [-0.05, 0) is 19.8 Å². The summed E-state index contributed by atoms with van der Waals surface area (Å²) < 4.78 is 25.0. The van der Waals surface area contributed by atoms with E-state index in [0.29, 0.717) is 25.9 Å². The molecule has 2 heterocycles. The maximum atomic E-state index is 11.9. The average molecular weight is 307 g/mol. The van der Waals surface area contributed by atoms with Gasteiger partial charge in [-0.15, -0.1) is 11.8 Å². The number of sulfonamides is 1. The van der Waals surface area contributed by atoms with Gasteiger partial charge in [-0.2, -0.15) is 0 Å². The number of hydrogen-bond donors (Lipinski definition) is 2. The van der Waals surface area contributed by atoms with Gasteiger partial charge in [-0.1, -0.05) is 0 Å². The molecule has 1 unspecified atom stereocenters. The van der Waals surface area contributed by atoms with Gasteiger partial charge in [0.25, 0.3) is 0 Å². The lowest BCUT2D eigenvalue weighted by atomic mass is 10.1. The molecule has 6 nitrogen and oxygen atoms in total. The van der Waals surface area contributed by atoms with Crippen LogP contribution in [0.15, 0.2) is 0 Å². The van der Waals surface area contributed by atoms with Gasteiger partial charge in [0.1, 0.15) is 0 Å². The molecule has 2 aliphatic heterocycles. The first-order valence-corrected chi connectivity index (χ1v) is 9.38. The zero-order valence-corrected chi connectivity index (χ0v) is 12.7. The Balaban J connectivity index is 1.78. The molecule has 1 amide bonds. The monoisotopic (exact) mass is 307 g/mol. The molecular weight excluding hydrogens is 286 g/mol. The Morgan fingerprint density at radius 3 is 2.63 bits per heavy atom. The summed E-state index contributed by atoms with van der Waals surface area (Å²) in [4.78, 5) is 11.9. The topological polar surface area (TPSA) is 78.5 Å². The molecule has 0 aliphatic carbocycles. The molecule has 0 radical (unpaired) electrons. The summed E-state index contributed by atoms with van der Waals surface area (Å²) in [6, 6.07) is 0.00519. The molecule has 0 spiro atoms. The Morgan fingerprint density at radius 2 is 2.11 bits per heavy atom. The fourth-order valence-corrected chi connectivity index (χ4v) is 4.40. The van der Waals surface area contributed by atoms with Crippen molar-refractivity contribution >= 4 is 27.7 Å². The number of thioether (sulfide) groups is 1. The van der Waals surface area contributed by atoms with Crippen molar-refractivity contribution in [2.24, 2.45) is 0 Å². The minimum Gasteiger partial charge on any atom is -0.352 e. The summed E-state index contributed by atoms with van der Waals surface area (Å²) in [5.41, 5.74) is 0. The molecule has 2 N–H and O–H groups in total. The van der Waals surface area contributed by atoms with Crippen molar-refractivity contribution in [1.29, 1.82) is 0 Å². The fourth-order valence-electron chi connectivity index (χ4n) is 2.33. The molecule has 0 bridgehead atoms. The van der Waals surface area contributed by atoms with Gasteiger partial charge in [-0.25, -0.2) is 12.7 Å². The first-order valence-electron chi connectivity index (χ1n) is 6.62. The van der Waals surface area contributed by atoms with Crippen molar-refractivity contribution in [3.8, 4) is 0 Å². The highest BCUT2D eigenvalue weighted by molar-refractivity contribution is 7.99. The van der Waals surface area contributed by atoms with Crippen LogP contribution < -0.4 is 10.6 Å². The number of nitrogens with one attached hydrogen (secondary N) is 2. The van der Waals surface area contributed by atoms with Crippen molar-refractivity contribution in [2.45, 2.75) is 31.8 Å². The van der Waals surface area contributed by atoms with Crippen LogP contribution in [0.2, 0.25) is 0 Å². The summed E-state index contributed by atoms with van der Waals surface area (Å²) in [6.07, 6.45) is 1.40. The number of piperidine rings is 1. The highest BCUT2D eigenvalue weighted by atomic mass is 32.2. The van der Waals surface area contributed by atoms with E-state index < -0.39 is 10.0 Å². The van der Waals surface area contributed by atoms with Crippen LogP contribution in [0.5, 0.6) is 0 Å². The van der Waals surface area contributed by atoms with E-state index in [0.717, 1.165) is 11.6 Å². The summed E-state index contributed by atoms with van der Waals surface area (Å²) in [6.45, 7) is 2.68. The van der Waals surface area contributed by atoms with Crippen molar-refractivity contribution in [3.05, 3.63) is 0 Å². The van der Waals surface area contributed by atoms with Crippen LogP contribution in [0.25, 0.3) is 0 Å². The molecule has 2 rings (SSSR count). The van der Waals surface area contributed by atoms with Crippen LogP contribution in [-0.4, -0.2) is 61.2 Å². The number of carbonyl (C=O) groups is 1. The quantitative estimate of drug-likeness (QED) is 0.737. The van der Waals surface area contributed by atoms with E-state index in [-0.39, 0.29) is 23.7 Å². The van der Waals surface area contributed by atoms with E-state index in [9.17, 15) is 13.2 Å².